The summed E-state index contributed by atoms with van der Waals surface area (Å²) in [6, 6.07) is 10.6. The highest BCUT2D eigenvalue weighted by Crippen LogP contribution is 2.28. The Balaban J connectivity index is 1.81. The van der Waals surface area contributed by atoms with Crippen LogP contribution in [-0.4, -0.2) is 56.1 Å². The molecule has 1 fully saturated rings. The van der Waals surface area contributed by atoms with E-state index in [0.29, 0.717) is 24.3 Å². The van der Waals surface area contributed by atoms with Crippen LogP contribution in [0.1, 0.15) is 16.8 Å². The van der Waals surface area contributed by atoms with Crippen molar-refractivity contribution < 1.29 is 28.9 Å². The number of rotatable bonds is 6. The molecule has 1 amide bonds. The van der Waals surface area contributed by atoms with Gasteiger partial charge < -0.3 is 24.6 Å². The number of ether oxygens (including phenoxy) is 3. The molecule has 7 heteroatoms. The Morgan fingerprint density at radius 2 is 2.00 bits per heavy atom. The van der Waals surface area contributed by atoms with Gasteiger partial charge in [0, 0.05) is 17.6 Å². The SMILES string of the molecule is COc1ccc(C(=O)N[C@@H]2COCC[C@@H]2OCC(=O)O)c2ccccc12. The molecule has 2 atom stereocenters. The van der Waals surface area contributed by atoms with Crippen LogP contribution in [0.15, 0.2) is 36.4 Å². The molecule has 0 aromatic heterocycles. The molecule has 0 radical (unpaired) electrons. The lowest BCUT2D eigenvalue weighted by Gasteiger charge is -2.31. The summed E-state index contributed by atoms with van der Waals surface area (Å²) in [6.45, 7) is 0.356. The van der Waals surface area contributed by atoms with E-state index < -0.39 is 24.7 Å². The Kier molecular flexibility index (Phi) is 5.70. The molecule has 2 aromatic carbocycles. The molecular weight excluding hydrogens is 338 g/mol. The molecule has 2 N–H and O–H groups in total. The van der Waals surface area contributed by atoms with Crippen LogP contribution in [0.2, 0.25) is 0 Å². The molecule has 1 aliphatic heterocycles. The van der Waals surface area contributed by atoms with Gasteiger partial charge in [0.2, 0.25) is 0 Å². The first-order valence-corrected chi connectivity index (χ1v) is 8.38. The number of carbonyl (C=O) groups is 2. The number of carboxylic acids is 1. The van der Waals surface area contributed by atoms with Crippen LogP contribution in [0.25, 0.3) is 10.8 Å². The number of carbonyl (C=O) groups excluding carboxylic acids is 1. The van der Waals surface area contributed by atoms with Crippen LogP contribution >= 0.6 is 0 Å². The smallest absolute Gasteiger partial charge is 0.329 e. The molecule has 0 unspecified atom stereocenters. The molecule has 0 saturated carbocycles. The molecule has 3 rings (SSSR count). The topological polar surface area (TPSA) is 94.1 Å². The third-order valence-electron chi connectivity index (χ3n) is 4.38. The number of amides is 1. The van der Waals surface area contributed by atoms with E-state index in [1.165, 1.54) is 0 Å². The first-order chi connectivity index (χ1) is 12.6. The summed E-state index contributed by atoms with van der Waals surface area (Å²) in [5, 5.41) is 13.3. The fourth-order valence-corrected chi connectivity index (χ4v) is 3.12. The van der Waals surface area contributed by atoms with Gasteiger partial charge in [-0.2, -0.15) is 0 Å². The number of benzene rings is 2. The zero-order valence-electron chi connectivity index (χ0n) is 14.4. The normalized spacial score (nSPS) is 19.9. The van der Waals surface area contributed by atoms with Gasteiger partial charge in [0.15, 0.2) is 0 Å². The van der Waals surface area contributed by atoms with Gasteiger partial charge in [-0.15, -0.1) is 0 Å². The van der Waals surface area contributed by atoms with Crippen LogP contribution in [0, 0.1) is 0 Å². The highest BCUT2D eigenvalue weighted by Gasteiger charge is 2.29. The number of hydrogen-bond donors (Lipinski definition) is 2. The van der Waals surface area contributed by atoms with Crippen molar-refractivity contribution in [2.24, 2.45) is 0 Å². The summed E-state index contributed by atoms with van der Waals surface area (Å²) < 4.78 is 16.2. The van der Waals surface area contributed by atoms with E-state index >= 15 is 0 Å². The molecule has 1 heterocycles. The van der Waals surface area contributed by atoms with Gasteiger partial charge in [0.25, 0.3) is 5.91 Å². The van der Waals surface area contributed by atoms with Crippen molar-refractivity contribution in [2.45, 2.75) is 18.6 Å². The zero-order valence-corrected chi connectivity index (χ0v) is 14.4. The van der Waals surface area contributed by atoms with Gasteiger partial charge in [-0.1, -0.05) is 24.3 Å². The highest BCUT2D eigenvalue weighted by atomic mass is 16.5. The molecule has 26 heavy (non-hydrogen) atoms. The van der Waals surface area contributed by atoms with Crippen molar-refractivity contribution in [2.75, 3.05) is 26.9 Å². The first kappa shape index (κ1) is 18.2. The summed E-state index contributed by atoms with van der Waals surface area (Å²) >= 11 is 0. The maximum absolute atomic E-state index is 12.8. The minimum Gasteiger partial charge on any atom is -0.496 e. The van der Waals surface area contributed by atoms with Gasteiger partial charge in [-0.25, -0.2) is 4.79 Å². The van der Waals surface area contributed by atoms with E-state index in [1.54, 1.807) is 19.2 Å². The summed E-state index contributed by atoms with van der Waals surface area (Å²) in [7, 11) is 1.59. The Bertz CT molecular complexity index is 806. The van der Waals surface area contributed by atoms with Gasteiger partial charge in [-0.3, -0.25) is 4.79 Å². The number of methoxy groups -OCH3 is 1. The Labute approximate surface area is 150 Å². The van der Waals surface area contributed by atoms with Crippen molar-refractivity contribution in [1.29, 1.82) is 0 Å². The average Bonchev–Trinajstić information content (AvgIpc) is 2.66. The molecule has 1 saturated heterocycles. The number of aliphatic carboxylic acids is 1. The van der Waals surface area contributed by atoms with Crippen LogP contribution < -0.4 is 10.1 Å². The minimum atomic E-state index is -1.04. The Morgan fingerprint density at radius 3 is 2.73 bits per heavy atom. The van der Waals surface area contributed by atoms with Crippen molar-refractivity contribution in [3.63, 3.8) is 0 Å². The maximum atomic E-state index is 12.8. The van der Waals surface area contributed by atoms with Crippen LogP contribution in [0.3, 0.4) is 0 Å². The maximum Gasteiger partial charge on any atom is 0.329 e. The fraction of sp³-hybridized carbons (Fsp3) is 0.368. The van der Waals surface area contributed by atoms with E-state index in [-0.39, 0.29) is 12.5 Å². The van der Waals surface area contributed by atoms with E-state index in [2.05, 4.69) is 5.32 Å². The molecule has 7 nitrogen and oxygen atoms in total. The minimum absolute atomic E-state index is 0.261. The standard InChI is InChI=1S/C19H21NO6/c1-24-16-7-6-14(12-4-2-3-5-13(12)16)19(23)20-15-10-25-9-8-17(15)26-11-18(21)22/h2-7,15,17H,8-11H2,1H3,(H,20,23)(H,21,22)/t15-,17+/m1/s1. The highest BCUT2D eigenvalue weighted by molar-refractivity contribution is 6.08. The predicted octanol–water partition coefficient (Wildman–Crippen LogP) is 1.84. The number of carboxylic acid groups (broad SMARTS) is 1. The van der Waals surface area contributed by atoms with E-state index in [1.807, 2.05) is 24.3 Å². The van der Waals surface area contributed by atoms with Crippen molar-refractivity contribution in [3.05, 3.63) is 42.0 Å². The number of fused-ring (bicyclic) bond motifs is 1. The van der Waals surface area contributed by atoms with Gasteiger partial charge in [-0.05, 0) is 23.9 Å². The lowest BCUT2D eigenvalue weighted by molar-refractivity contribution is -0.147. The average molecular weight is 359 g/mol. The predicted molar refractivity (Wildman–Crippen MR) is 94.6 cm³/mol. The molecule has 0 aliphatic carbocycles. The summed E-state index contributed by atoms with van der Waals surface area (Å²) in [5.74, 6) is -0.605. The third kappa shape index (κ3) is 3.95. The van der Waals surface area contributed by atoms with Crippen LogP contribution in [0.5, 0.6) is 5.75 Å². The number of hydrogen-bond acceptors (Lipinski definition) is 5. The number of nitrogens with one attached hydrogen (secondary N) is 1. The van der Waals surface area contributed by atoms with E-state index in [9.17, 15) is 9.59 Å². The quantitative estimate of drug-likeness (QED) is 0.817. The van der Waals surface area contributed by atoms with Crippen LogP contribution in [0.4, 0.5) is 0 Å². The lowest BCUT2D eigenvalue weighted by atomic mass is 10.0. The van der Waals surface area contributed by atoms with E-state index in [4.69, 9.17) is 19.3 Å². The molecule has 1 aliphatic rings. The lowest BCUT2D eigenvalue weighted by Crippen LogP contribution is -2.51. The second kappa shape index (κ2) is 8.16. The third-order valence-corrected chi connectivity index (χ3v) is 4.38. The van der Waals surface area contributed by atoms with Crippen molar-refractivity contribution in [1.82, 2.24) is 5.32 Å². The fourth-order valence-electron chi connectivity index (χ4n) is 3.12. The summed E-state index contributed by atoms with van der Waals surface area (Å²) in [5.41, 5.74) is 0.518. The van der Waals surface area contributed by atoms with Gasteiger partial charge in [0.05, 0.1) is 25.9 Å². The molecule has 2 aromatic rings. The molecule has 0 spiro atoms. The van der Waals surface area contributed by atoms with Crippen molar-refractivity contribution >= 4 is 22.6 Å². The van der Waals surface area contributed by atoms with Gasteiger partial charge in [0.1, 0.15) is 12.4 Å². The molecular formula is C19H21NO6. The summed E-state index contributed by atoms with van der Waals surface area (Å²) in [4.78, 5) is 23.6. The Hall–Kier alpha value is -2.64. The second-order valence-electron chi connectivity index (χ2n) is 6.05. The summed E-state index contributed by atoms with van der Waals surface area (Å²) in [6.07, 6.45) is 0.134. The molecule has 138 valence electrons. The molecule has 0 bridgehead atoms. The Morgan fingerprint density at radius 1 is 1.23 bits per heavy atom. The van der Waals surface area contributed by atoms with Gasteiger partial charge >= 0.3 is 5.97 Å². The van der Waals surface area contributed by atoms with E-state index in [0.717, 1.165) is 10.8 Å². The monoisotopic (exact) mass is 359 g/mol. The largest absolute Gasteiger partial charge is 0.496 e. The van der Waals surface area contributed by atoms with Crippen LogP contribution in [-0.2, 0) is 14.3 Å². The van der Waals surface area contributed by atoms with Crippen molar-refractivity contribution in [3.8, 4) is 5.75 Å². The second-order valence-corrected chi connectivity index (χ2v) is 6.05. The first-order valence-electron chi connectivity index (χ1n) is 8.38. The zero-order chi connectivity index (χ0) is 18.5.